The molecule has 3 atom stereocenters. The topological polar surface area (TPSA) is 225 Å². The summed E-state index contributed by atoms with van der Waals surface area (Å²) in [7, 11) is -4.48. The van der Waals surface area contributed by atoms with Gasteiger partial charge in [0.25, 0.3) is 0 Å². The Bertz CT molecular complexity index is 1450. The van der Waals surface area contributed by atoms with Crippen molar-refractivity contribution in [1.29, 1.82) is 0 Å². The molecule has 8 N–H and O–H groups in total. The SMILES string of the molecule is NC(N)=Nc1cccc(C(CP(=O)(OO)OCNC(=O)C(Cc2ccccc2)NC(=O)OCc2ccccc2)C(=O)O)c1. The molecule has 3 aromatic carbocycles. The monoisotopic (exact) mass is 613 g/mol. The Labute approximate surface area is 247 Å². The molecule has 3 unspecified atom stereocenters. The number of aliphatic imine (C=N–C) groups is 1. The average Bonchev–Trinajstić information content (AvgIpc) is 2.99. The number of nitrogens with two attached hydrogens (primary N) is 2. The summed E-state index contributed by atoms with van der Waals surface area (Å²) in [6.45, 7) is -0.769. The Kier molecular flexibility index (Phi) is 12.2. The van der Waals surface area contributed by atoms with Gasteiger partial charge in [-0.3, -0.25) is 18.7 Å². The number of guanidine groups is 1. The maximum Gasteiger partial charge on any atom is 0.408 e. The molecule has 14 nitrogen and oxygen atoms in total. The van der Waals surface area contributed by atoms with Crippen LogP contribution < -0.4 is 22.1 Å². The molecule has 0 radical (unpaired) electrons. The first kappa shape index (κ1) is 32.8. The van der Waals surface area contributed by atoms with Gasteiger partial charge < -0.3 is 31.9 Å². The molecule has 43 heavy (non-hydrogen) atoms. The van der Waals surface area contributed by atoms with E-state index in [0.29, 0.717) is 0 Å². The smallest absolute Gasteiger partial charge is 0.408 e. The summed E-state index contributed by atoms with van der Waals surface area (Å²) in [5.41, 5.74) is 12.6. The molecular formula is C28H32N5O9P. The molecule has 0 saturated carbocycles. The predicted octanol–water partition coefficient (Wildman–Crippen LogP) is 3.07. The first-order valence-electron chi connectivity index (χ1n) is 12.9. The lowest BCUT2D eigenvalue weighted by Gasteiger charge is -2.21. The highest BCUT2D eigenvalue weighted by Gasteiger charge is 2.35. The first-order valence-corrected chi connectivity index (χ1v) is 14.6. The number of carboxylic acids is 1. The van der Waals surface area contributed by atoms with Gasteiger partial charge in [0.05, 0.1) is 17.8 Å². The van der Waals surface area contributed by atoms with Crippen LogP contribution in [0.15, 0.2) is 89.9 Å². The van der Waals surface area contributed by atoms with E-state index < -0.39 is 50.4 Å². The number of carbonyl (C=O) groups excluding carboxylic acids is 2. The Morgan fingerprint density at radius 3 is 2.19 bits per heavy atom. The molecule has 0 aliphatic heterocycles. The van der Waals surface area contributed by atoms with Crippen molar-refractivity contribution in [3.05, 3.63) is 102 Å². The number of ether oxygens (including phenoxy) is 1. The lowest BCUT2D eigenvalue weighted by atomic mass is 10.0. The Balaban J connectivity index is 1.65. The molecule has 0 aliphatic carbocycles. The number of hydrogen-bond donors (Lipinski definition) is 6. The van der Waals surface area contributed by atoms with Gasteiger partial charge in [0, 0.05) is 6.42 Å². The van der Waals surface area contributed by atoms with Crippen LogP contribution in [-0.2, 0) is 41.1 Å². The van der Waals surface area contributed by atoms with Crippen LogP contribution in [0.1, 0.15) is 22.6 Å². The number of nitrogens with one attached hydrogen (secondary N) is 2. The van der Waals surface area contributed by atoms with Gasteiger partial charge in [-0.1, -0.05) is 72.8 Å². The van der Waals surface area contributed by atoms with Crippen LogP contribution in [0.5, 0.6) is 0 Å². The Morgan fingerprint density at radius 1 is 0.930 bits per heavy atom. The number of aliphatic carboxylic acids is 1. The fourth-order valence-corrected chi connectivity index (χ4v) is 5.21. The van der Waals surface area contributed by atoms with Crippen LogP contribution in [0.2, 0.25) is 0 Å². The number of carbonyl (C=O) groups is 3. The molecule has 0 spiro atoms. The molecule has 2 amide bonds. The van der Waals surface area contributed by atoms with Crippen molar-refractivity contribution in [2.45, 2.75) is 25.0 Å². The fraction of sp³-hybridized carbons (Fsp3) is 0.214. The third kappa shape index (κ3) is 10.9. The quantitative estimate of drug-likeness (QED) is 0.0365. The summed E-state index contributed by atoms with van der Waals surface area (Å²) < 4.78 is 27.5. The molecule has 0 aromatic heterocycles. The Morgan fingerprint density at radius 2 is 1.58 bits per heavy atom. The van der Waals surface area contributed by atoms with E-state index in [1.807, 2.05) is 6.07 Å². The molecule has 15 heteroatoms. The maximum atomic E-state index is 13.1. The van der Waals surface area contributed by atoms with E-state index in [9.17, 15) is 29.3 Å². The third-order valence-corrected chi connectivity index (χ3v) is 7.55. The van der Waals surface area contributed by atoms with E-state index >= 15 is 0 Å². The van der Waals surface area contributed by atoms with Gasteiger partial charge in [-0.05, 0) is 28.8 Å². The highest BCUT2D eigenvalue weighted by atomic mass is 31.2. The van der Waals surface area contributed by atoms with Crippen molar-refractivity contribution in [2.75, 3.05) is 12.9 Å². The van der Waals surface area contributed by atoms with Gasteiger partial charge in [0.1, 0.15) is 19.4 Å². The summed E-state index contributed by atoms with van der Waals surface area (Å²) in [4.78, 5) is 41.4. The Hall–Kier alpha value is -4.75. The van der Waals surface area contributed by atoms with E-state index in [1.165, 1.54) is 24.3 Å². The molecular weight excluding hydrogens is 581 g/mol. The van der Waals surface area contributed by atoms with Gasteiger partial charge in [-0.25, -0.2) is 15.0 Å². The summed E-state index contributed by atoms with van der Waals surface area (Å²) in [6, 6.07) is 22.5. The van der Waals surface area contributed by atoms with E-state index in [2.05, 4.69) is 20.3 Å². The summed E-state index contributed by atoms with van der Waals surface area (Å²) in [5.74, 6) is -3.84. The molecule has 0 heterocycles. The second-order valence-electron chi connectivity index (χ2n) is 9.16. The molecule has 0 bridgehead atoms. The predicted molar refractivity (Wildman–Crippen MR) is 156 cm³/mol. The number of nitrogens with zero attached hydrogens (tertiary/aromatic N) is 1. The van der Waals surface area contributed by atoms with Gasteiger partial charge in [-0.15, -0.1) is 0 Å². The number of rotatable bonds is 15. The van der Waals surface area contributed by atoms with Crippen LogP contribution >= 0.6 is 7.60 Å². The second kappa shape index (κ2) is 16.0. The fourth-order valence-electron chi connectivity index (χ4n) is 3.91. The second-order valence-corrected chi connectivity index (χ2v) is 11.2. The summed E-state index contributed by atoms with van der Waals surface area (Å²) in [6.07, 6.45) is -1.57. The minimum absolute atomic E-state index is 0.0217. The number of alkyl carbamates (subject to hydrolysis) is 1. The number of hydrogen-bond acceptors (Lipinski definition) is 9. The van der Waals surface area contributed by atoms with Crippen molar-refractivity contribution >= 4 is 37.2 Å². The molecule has 0 aliphatic rings. The van der Waals surface area contributed by atoms with Crippen molar-refractivity contribution in [1.82, 2.24) is 10.6 Å². The van der Waals surface area contributed by atoms with Gasteiger partial charge in [-0.2, -0.15) is 4.67 Å². The molecule has 228 valence electrons. The minimum atomic E-state index is -4.48. The van der Waals surface area contributed by atoms with Gasteiger partial charge >= 0.3 is 19.7 Å². The highest BCUT2D eigenvalue weighted by molar-refractivity contribution is 7.53. The van der Waals surface area contributed by atoms with Crippen LogP contribution in [-0.4, -0.2) is 53.2 Å². The maximum absolute atomic E-state index is 13.1. The van der Waals surface area contributed by atoms with E-state index in [0.717, 1.165) is 11.1 Å². The minimum Gasteiger partial charge on any atom is -0.481 e. The molecule has 3 rings (SSSR count). The standard InChI is InChI=1S/C28H32N5O9P/c29-27(30)32-22-13-7-12-21(15-22)23(26(35)36)17-43(39,42-38)41-18-31-25(34)24(14-19-8-3-1-4-9-19)33-28(37)40-16-20-10-5-2-6-11-20/h1-13,15,23-24,38H,14,16-18H2,(H,31,34)(H,33,37)(H,35,36)(H4,29,30,32). The van der Waals surface area contributed by atoms with Crippen LogP contribution in [0, 0.1) is 0 Å². The average molecular weight is 614 g/mol. The first-order chi connectivity index (χ1) is 20.6. The lowest BCUT2D eigenvalue weighted by Crippen LogP contribution is -2.48. The lowest BCUT2D eigenvalue weighted by molar-refractivity contribution is -0.151. The van der Waals surface area contributed by atoms with Gasteiger partial charge in [0.2, 0.25) is 5.91 Å². The zero-order chi connectivity index (χ0) is 31.2. The van der Waals surface area contributed by atoms with Crippen molar-refractivity contribution in [3.63, 3.8) is 0 Å². The normalized spacial score (nSPS) is 13.5. The summed E-state index contributed by atoms with van der Waals surface area (Å²) >= 11 is 0. The van der Waals surface area contributed by atoms with Gasteiger partial charge in [0.15, 0.2) is 5.96 Å². The van der Waals surface area contributed by atoms with Crippen molar-refractivity contribution in [3.8, 4) is 0 Å². The molecule has 3 aromatic rings. The number of benzene rings is 3. The van der Waals surface area contributed by atoms with Crippen molar-refractivity contribution in [2.24, 2.45) is 16.5 Å². The zero-order valence-corrected chi connectivity index (χ0v) is 23.8. The van der Waals surface area contributed by atoms with Crippen LogP contribution in [0.3, 0.4) is 0 Å². The molecule has 0 saturated heterocycles. The van der Waals surface area contributed by atoms with E-state index in [1.54, 1.807) is 54.6 Å². The van der Waals surface area contributed by atoms with E-state index in [4.69, 9.17) is 20.7 Å². The largest absolute Gasteiger partial charge is 0.481 e. The molecule has 0 fully saturated rings. The van der Waals surface area contributed by atoms with Crippen LogP contribution in [0.25, 0.3) is 0 Å². The van der Waals surface area contributed by atoms with Crippen LogP contribution in [0.4, 0.5) is 10.5 Å². The zero-order valence-electron chi connectivity index (χ0n) is 22.9. The number of amides is 2. The highest BCUT2D eigenvalue weighted by Crippen LogP contribution is 2.50. The number of carboxylic acid groups (broad SMARTS) is 1. The van der Waals surface area contributed by atoms with Crippen molar-refractivity contribution < 1.29 is 43.2 Å². The third-order valence-electron chi connectivity index (χ3n) is 5.97. The summed E-state index contributed by atoms with van der Waals surface area (Å²) in [5, 5.41) is 24.0. The van der Waals surface area contributed by atoms with E-state index in [-0.39, 0.29) is 30.2 Å².